The molecule has 0 unspecified atom stereocenters. The molecule has 9 N–H and O–H groups in total. The predicted octanol–water partition coefficient (Wildman–Crippen LogP) is 5.05. The van der Waals surface area contributed by atoms with Crippen LogP contribution in [0.4, 0.5) is 15.3 Å². The van der Waals surface area contributed by atoms with E-state index in [9.17, 15) is 62.6 Å². The molecule has 0 saturated carbocycles. The Hall–Kier alpha value is -9.74. The zero-order valence-electron chi connectivity index (χ0n) is 63.2. The molecule has 0 radical (unpaired) electrons. The number of carbonyl (C=O) groups is 12. The van der Waals surface area contributed by atoms with Crippen LogP contribution in [0, 0.1) is 23.7 Å². The number of benzene rings is 3. The number of hydrogen-bond donors (Lipinski definition) is 8. The SMILES string of the molecule is C=CCOc1ccc(C[C@H](NC(=O)CCN2C(=O)C=CC2=O)C(=O)N2CCC[C@H]2C(=O)N[C@@H](CCCNC(N)=O)C(=O)Nc2ccc(COC(=O)N(C)[C@H](C(=O)N[C@H](C(=O)N(C)[C@@H]([C@@H](C)CC)[C@@H](CC(=O)N3CCC[C@H]3[C@H](OC)[C@@H](C)C(=O)N[C@H](C)[C@@H](O)c3ccccc3)OC)C(C)C)C(C)C)cc2)cc1. The van der Waals surface area contributed by atoms with Gasteiger partial charge < -0.3 is 76.4 Å². The van der Waals surface area contributed by atoms with Gasteiger partial charge >= 0.3 is 12.1 Å². The lowest BCUT2D eigenvalue weighted by atomic mass is 9.89. The summed E-state index contributed by atoms with van der Waals surface area (Å²) >= 11 is 0. The summed E-state index contributed by atoms with van der Waals surface area (Å²) < 4.78 is 23.4. The van der Waals surface area contributed by atoms with Crippen LogP contribution in [0.3, 0.4) is 0 Å². The molecule has 0 aliphatic carbocycles. The highest BCUT2D eigenvalue weighted by molar-refractivity contribution is 6.13. The number of likely N-dealkylation sites (N-methyl/N-ethyl adjacent to an activating group) is 2. The van der Waals surface area contributed by atoms with Gasteiger partial charge in [0, 0.05) is 85.2 Å². The van der Waals surface area contributed by atoms with Gasteiger partial charge in [0.2, 0.25) is 47.3 Å². The van der Waals surface area contributed by atoms with Crippen molar-refractivity contribution in [3.8, 4) is 5.75 Å². The van der Waals surface area contributed by atoms with Crippen molar-refractivity contribution in [1.82, 2.24) is 51.1 Å². The first-order valence-corrected chi connectivity index (χ1v) is 36.5. The molecule has 2 fully saturated rings. The van der Waals surface area contributed by atoms with Crippen LogP contribution in [-0.2, 0) is 75.2 Å². The second-order valence-corrected chi connectivity index (χ2v) is 28.2. The normalized spacial score (nSPS) is 18.0. The molecular formula is C77H110N12O17. The minimum Gasteiger partial charge on any atom is -0.490 e. The fourth-order valence-corrected chi connectivity index (χ4v) is 13.9. The molecule has 6 rings (SSSR count). The summed E-state index contributed by atoms with van der Waals surface area (Å²) in [6, 6.07) is 14.1. The number of primary amides is 1. The van der Waals surface area contributed by atoms with Crippen molar-refractivity contribution in [1.29, 1.82) is 0 Å². The van der Waals surface area contributed by atoms with E-state index < -0.39 is 144 Å². The number of likely N-dealkylation sites (tertiary alicyclic amines) is 2. The average molecular weight is 1480 g/mol. The zero-order valence-corrected chi connectivity index (χ0v) is 63.2. The zero-order chi connectivity index (χ0) is 78.1. The number of amides is 13. The first kappa shape index (κ1) is 85.2. The lowest BCUT2D eigenvalue weighted by Gasteiger charge is -2.41. The monoisotopic (exact) mass is 1470 g/mol. The minimum atomic E-state index is -1.20. The highest BCUT2D eigenvalue weighted by Gasteiger charge is 2.45. The Morgan fingerprint density at radius 1 is 0.736 bits per heavy atom. The maximum atomic E-state index is 14.9. The maximum Gasteiger partial charge on any atom is 0.410 e. The summed E-state index contributed by atoms with van der Waals surface area (Å²) in [4.78, 5) is 171. The number of rotatable bonds is 40. The summed E-state index contributed by atoms with van der Waals surface area (Å²) in [6.07, 6.45) is 2.83. The molecule has 3 heterocycles. The molecule has 106 heavy (non-hydrogen) atoms. The largest absolute Gasteiger partial charge is 0.490 e. The summed E-state index contributed by atoms with van der Waals surface area (Å²) in [5, 5.41) is 27.7. The molecule has 2 saturated heterocycles. The molecule has 0 aromatic heterocycles. The van der Waals surface area contributed by atoms with Crippen molar-refractivity contribution in [3.05, 3.63) is 120 Å². The summed E-state index contributed by atoms with van der Waals surface area (Å²) in [6.45, 7) is 18.6. The van der Waals surface area contributed by atoms with Crippen LogP contribution in [0.15, 0.2) is 104 Å². The number of nitrogens with one attached hydrogen (secondary N) is 6. The molecule has 3 aromatic rings. The van der Waals surface area contributed by atoms with E-state index in [0.29, 0.717) is 60.4 Å². The number of ether oxygens (including phenoxy) is 4. The molecule has 580 valence electrons. The molecule has 13 atom stereocenters. The molecule has 13 amide bonds. The van der Waals surface area contributed by atoms with E-state index in [-0.39, 0.29) is 89.1 Å². The molecule has 3 aliphatic heterocycles. The first-order valence-electron chi connectivity index (χ1n) is 36.5. The van der Waals surface area contributed by atoms with Gasteiger partial charge in [0.15, 0.2) is 0 Å². The molecular weight excluding hydrogens is 1360 g/mol. The van der Waals surface area contributed by atoms with E-state index in [2.05, 4.69) is 38.5 Å². The number of anilines is 1. The lowest BCUT2D eigenvalue weighted by molar-refractivity contribution is -0.148. The third-order valence-corrected chi connectivity index (χ3v) is 19.9. The third kappa shape index (κ3) is 23.6. The van der Waals surface area contributed by atoms with Gasteiger partial charge in [-0.25, -0.2) is 9.59 Å². The molecule has 0 bridgehead atoms. The van der Waals surface area contributed by atoms with Crippen molar-refractivity contribution < 1.29 is 81.6 Å². The number of carbonyl (C=O) groups excluding carboxylic acids is 12. The second kappa shape index (κ2) is 41.2. The van der Waals surface area contributed by atoms with Gasteiger partial charge in [0.1, 0.15) is 49.2 Å². The van der Waals surface area contributed by atoms with E-state index in [1.165, 1.54) is 26.2 Å². The van der Waals surface area contributed by atoms with Gasteiger partial charge in [-0.15, -0.1) is 0 Å². The van der Waals surface area contributed by atoms with E-state index in [1.807, 2.05) is 32.0 Å². The number of aliphatic hydroxyl groups excluding tert-OH is 1. The van der Waals surface area contributed by atoms with Gasteiger partial charge in [-0.05, 0) is 104 Å². The quantitative estimate of drug-likeness (QED) is 0.0210. The smallest absolute Gasteiger partial charge is 0.410 e. The Morgan fingerprint density at radius 2 is 1.38 bits per heavy atom. The van der Waals surface area contributed by atoms with Crippen LogP contribution in [0.2, 0.25) is 0 Å². The van der Waals surface area contributed by atoms with Gasteiger partial charge in [-0.1, -0.05) is 122 Å². The number of urea groups is 1. The van der Waals surface area contributed by atoms with Crippen LogP contribution < -0.4 is 42.4 Å². The number of nitrogens with zero attached hydrogens (tertiary/aromatic N) is 5. The van der Waals surface area contributed by atoms with Gasteiger partial charge in [0.05, 0.1) is 48.8 Å². The van der Waals surface area contributed by atoms with Gasteiger partial charge in [-0.2, -0.15) is 0 Å². The fraction of sp³-hybridized carbons (Fsp3) is 0.558. The predicted molar refractivity (Wildman–Crippen MR) is 395 cm³/mol. The van der Waals surface area contributed by atoms with Crippen LogP contribution in [0.1, 0.15) is 136 Å². The fourth-order valence-electron chi connectivity index (χ4n) is 13.9. The van der Waals surface area contributed by atoms with Gasteiger partial charge in [-0.3, -0.25) is 57.7 Å². The van der Waals surface area contributed by atoms with Crippen molar-refractivity contribution in [3.63, 3.8) is 0 Å². The van der Waals surface area contributed by atoms with Crippen molar-refractivity contribution in [2.45, 2.75) is 193 Å². The Bertz CT molecular complexity index is 3520. The molecule has 29 heteroatoms. The number of imide groups is 1. The second-order valence-electron chi connectivity index (χ2n) is 28.2. The average Bonchev–Trinajstić information content (AvgIpc) is 1.44. The number of aliphatic hydroxyl groups is 1. The van der Waals surface area contributed by atoms with E-state index in [4.69, 9.17) is 24.7 Å². The number of methoxy groups -OCH3 is 2. The summed E-state index contributed by atoms with van der Waals surface area (Å²) in [5.41, 5.74) is 7.41. The van der Waals surface area contributed by atoms with Crippen molar-refractivity contribution >= 4 is 76.9 Å². The van der Waals surface area contributed by atoms with Crippen LogP contribution in [-0.4, -0.2) is 222 Å². The first-order chi connectivity index (χ1) is 50.4. The highest BCUT2D eigenvalue weighted by atomic mass is 16.6. The van der Waals surface area contributed by atoms with E-state index in [0.717, 1.165) is 22.0 Å². The van der Waals surface area contributed by atoms with Crippen LogP contribution in [0.5, 0.6) is 5.75 Å². The standard InChI is InChI=1S/C77H110N12O17/c1-14-42-105-55-33-29-51(30-34-55)43-57(82-61(90)37-41-89-62(91)35-36-63(89)92)74(99)88-40-21-26-59(88)72(97)83-56(24-19-38-79-76(78)101)71(96)81-54-31-27-52(28-32-54)45-106-77(102)86(11)66(47(5)6)73(98)84-65(46(3)4)75(100)85(10)67(48(7)15-2)60(103-12)44-64(93)87-39-20-25-58(87)69(104-13)49(8)70(95)80-50(9)68(94)53-22-17-16-18-23-53/h14,16-18,22-23,27-36,46-50,56-60,65-69,94H,1,15,19-21,24-26,37-45H2,2-13H3,(H,80,95)(H,81,96)(H,82,90)(H,83,97)(H,84,98)(H3,78,79,101)/t48-,49+,50+,56-,57-,58-,59-,60+,65-,66-,67-,68+,69+/m0/s1. The number of nitrogens with two attached hydrogens (primary N) is 1. The highest BCUT2D eigenvalue weighted by Crippen LogP contribution is 2.31. The molecule has 29 nitrogen and oxygen atoms in total. The summed E-state index contributed by atoms with van der Waals surface area (Å²) in [5.74, 6) is -6.51. The number of hydrogen-bond acceptors (Lipinski definition) is 17. The molecule has 3 aromatic carbocycles. The topological polar surface area (TPSA) is 376 Å². The van der Waals surface area contributed by atoms with Crippen molar-refractivity contribution in [2.75, 3.05) is 66.4 Å². The third-order valence-electron chi connectivity index (χ3n) is 19.9. The molecule has 3 aliphatic rings. The Labute approximate surface area is 621 Å². The maximum absolute atomic E-state index is 14.9. The van der Waals surface area contributed by atoms with Crippen LogP contribution >= 0.6 is 0 Å². The molecule has 0 spiro atoms. The Balaban J connectivity index is 1.07. The van der Waals surface area contributed by atoms with Crippen molar-refractivity contribution in [2.24, 2.45) is 29.4 Å². The van der Waals surface area contributed by atoms with E-state index >= 15 is 0 Å². The Morgan fingerprint density at radius 3 is 1.98 bits per heavy atom. The lowest BCUT2D eigenvalue weighted by Crippen LogP contribution is -2.60. The van der Waals surface area contributed by atoms with Gasteiger partial charge in [0.25, 0.3) is 11.8 Å². The van der Waals surface area contributed by atoms with E-state index in [1.54, 1.807) is 125 Å². The minimum absolute atomic E-state index is 0.00173. The summed E-state index contributed by atoms with van der Waals surface area (Å²) in [7, 11) is 6.05. The Kier molecular flexibility index (Phi) is 33.1. The van der Waals surface area contributed by atoms with Crippen LogP contribution in [0.25, 0.3) is 0 Å².